The number of benzene rings is 1. The summed E-state index contributed by atoms with van der Waals surface area (Å²) in [6, 6.07) is 5.74. The molecule has 1 atom stereocenters. The highest BCUT2D eigenvalue weighted by Crippen LogP contribution is 2.31. The molecule has 1 fully saturated rings. The molecule has 17 heavy (non-hydrogen) atoms. The monoisotopic (exact) mass is 232 g/mol. The molecule has 2 N–H and O–H groups in total. The molecule has 3 rings (SSSR count). The zero-order chi connectivity index (χ0) is 11.8. The van der Waals surface area contributed by atoms with E-state index >= 15 is 0 Å². The number of fused-ring (bicyclic) bond motifs is 1. The summed E-state index contributed by atoms with van der Waals surface area (Å²) in [7, 11) is 0. The number of carbonyl (C=O) groups excluding carboxylic acids is 1. The third-order valence-corrected chi connectivity index (χ3v) is 3.47. The Morgan fingerprint density at radius 3 is 3.12 bits per heavy atom. The smallest absolute Gasteiger partial charge is 0.256 e. The lowest BCUT2D eigenvalue weighted by atomic mass is 10.1. The Kier molecular flexibility index (Phi) is 2.52. The van der Waals surface area contributed by atoms with E-state index in [0.717, 1.165) is 42.7 Å². The third-order valence-electron chi connectivity index (χ3n) is 3.47. The van der Waals surface area contributed by atoms with Crippen LogP contribution < -0.4 is 10.6 Å². The van der Waals surface area contributed by atoms with Crippen LogP contribution in [0.1, 0.15) is 18.4 Å². The second kappa shape index (κ2) is 4.04. The Labute approximate surface area is 100 Å². The van der Waals surface area contributed by atoms with E-state index in [1.807, 2.05) is 23.1 Å². The number of nitrogens with two attached hydrogens (primary N) is 1. The summed E-state index contributed by atoms with van der Waals surface area (Å²) >= 11 is 0. The van der Waals surface area contributed by atoms with Crippen LogP contribution in [0.3, 0.4) is 0 Å². The number of amides is 1. The van der Waals surface area contributed by atoms with Gasteiger partial charge in [-0.2, -0.15) is 0 Å². The molecule has 1 amide bonds. The maximum atomic E-state index is 12.3. The Bertz CT molecular complexity index is 453. The highest BCUT2D eigenvalue weighted by atomic mass is 16.5. The maximum absolute atomic E-state index is 12.3. The number of nitrogens with zero attached hydrogens (tertiary/aromatic N) is 1. The van der Waals surface area contributed by atoms with Crippen molar-refractivity contribution >= 4 is 17.3 Å². The van der Waals surface area contributed by atoms with Crippen molar-refractivity contribution in [3.63, 3.8) is 0 Å². The van der Waals surface area contributed by atoms with E-state index in [0.29, 0.717) is 6.61 Å². The van der Waals surface area contributed by atoms with Gasteiger partial charge in [-0.25, -0.2) is 0 Å². The first-order valence-electron chi connectivity index (χ1n) is 6.07. The molecule has 1 saturated heterocycles. The van der Waals surface area contributed by atoms with Gasteiger partial charge in [0.05, 0.1) is 0 Å². The number of carbonyl (C=O) groups is 1. The number of ether oxygens (including phenoxy) is 1. The Morgan fingerprint density at radius 1 is 1.47 bits per heavy atom. The number of hydrogen-bond acceptors (Lipinski definition) is 3. The van der Waals surface area contributed by atoms with Crippen molar-refractivity contribution in [2.75, 3.05) is 23.8 Å². The normalized spacial score (nSPS) is 22.8. The van der Waals surface area contributed by atoms with Crippen LogP contribution in [0.4, 0.5) is 11.4 Å². The zero-order valence-corrected chi connectivity index (χ0v) is 9.69. The van der Waals surface area contributed by atoms with Gasteiger partial charge >= 0.3 is 0 Å². The first-order chi connectivity index (χ1) is 8.25. The van der Waals surface area contributed by atoms with E-state index in [2.05, 4.69) is 0 Å². The van der Waals surface area contributed by atoms with Gasteiger partial charge in [0.2, 0.25) is 0 Å². The third kappa shape index (κ3) is 1.78. The van der Waals surface area contributed by atoms with Gasteiger partial charge in [0.25, 0.3) is 5.91 Å². The quantitative estimate of drug-likeness (QED) is 0.743. The number of nitrogen functional groups attached to an aromatic ring is 1. The lowest BCUT2D eigenvalue weighted by Crippen LogP contribution is -2.37. The van der Waals surface area contributed by atoms with Gasteiger partial charge < -0.3 is 15.4 Å². The largest absolute Gasteiger partial charge is 0.399 e. The van der Waals surface area contributed by atoms with Gasteiger partial charge in [-0.1, -0.05) is 0 Å². The molecule has 90 valence electrons. The second-order valence-electron chi connectivity index (χ2n) is 4.63. The summed E-state index contributed by atoms with van der Waals surface area (Å²) in [6.45, 7) is 1.45. The van der Waals surface area contributed by atoms with E-state index in [4.69, 9.17) is 10.5 Å². The Balaban J connectivity index is 1.85. The molecule has 2 heterocycles. The first kappa shape index (κ1) is 10.6. The van der Waals surface area contributed by atoms with Gasteiger partial charge in [-0.15, -0.1) is 0 Å². The topological polar surface area (TPSA) is 55.6 Å². The molecule has 2 aliphatic heterocycles. The number of hydrogen-bond donors (Lipinski definition) is 1. The van der Waals surface area contributed by atoms with Crippen LogP contribution in [0.2, 0.25) is 0 Å². The average molecular weight is 232 g/mol. The maximum Gasteiger partial charge on any atom is 0.256 e. The lowest BCUT2D eigenvalue weighted by molar-refractivity contribution is -0.127. The average Bonchev–Trinajstić information content (AvgIpc) is 2.96. The van der Waals surface area contributed by atoms with Gasteiger partial charge in [0, 0.05) is 24.5 Å². The van der Waals surface area contributed by atoms with Gasteiger partial charge in [-0.3, -0.25) is 4.79 Å². The van der Waals surface area contributed by atoms with Crippen molar-refractivity contribution in [1.29, 1.82) is 0 Å². The van der Waals surface area contributed by atoms with Crippen molar-refractivity contribution in [3.05, 3.63) is 23.8 Å². The van der Waals surface area contributed by atoms with Crippen LogP contribution in [0.25, 0.3) is 0 Å². The minimum atomic E-state index is -0.237. The van der Waals surface area contributed by atoms with Crippen molar-refractivity contribution < 1.29 is 9.53 Å². The summed E-state index contributed by atoms with van der Waals surface area (Å²) in [5.74, 6) is 0.103. The van der Waals surface area contributed by atoms with Crippen molar-refractivity contribution in [2.24, 2.45) is 0 Å². The Morgan fingerprint density at radius 2 is 2.35 bits per heavy atom. The molecule has 4 nitrogen and oxygen atoms in total. The molecule has 0 bridgehead atoms. The van der Waals surface area contributed by atoms with Crippen LogP contribution in [0, 0.1) is 0 Å². The summed E-state index contributed by atoms with van der Waals surface area (Å²) in [5, 5.41) is 0. The predicted molar refractivity (Wildman–Crippen MR) is 65.9 cm³/mol. The summed E-state index contributed by atoms with van der Waals surface area (Å²) in [4.78, 5) is 14.1. The molecule has 4 heteroatoms. The SMILES string of the molecule is Nc1ccc2c(c1)CCN2C(=O)C1CCCO1. The number of anilines is 2. The lowest BCUT2D eigenvalue weighted by Gasteiger charge is -2.20. The molecule has 0 aliphatic carbocycles. The van der Waals surface area contributed by atoms with E-state index < -0.39 is 0 Å². The first-order valence-corrected chi connectivity index (χ1v) is 6.07. The second-order valence-corrected chi connectivity index (χ2v) is 4.63. The molecular formula is C13H16N2O2. The molecule has 0 radical (unpaired) electrons. The molecule has 1 aromatic carbocycles. The van der Waals surface area contributed by atoms with Crippen molar-refractivity contribution in [3.8, 4) is 0 Å². The molecule has 0 saturated carbocycles. The predicted octanol–water partition coefficient (Wildman–Crippen LogP) is 1.34. The van der Waals surface area contributed by atoms with E-state index in [-0.39, 0.29) is 12.0 Å². The summed E-state index contributed by atoms with van der Waals surface area (Å²) < 4.78 is 5.45. The van der Waals surface area contributed by atoms with Gasteiger partial charge in [0.1, 0.15) is 6.10 Å². The molecule has 0 aromatic heterocycles. The molecule has 1 unspecified atom stereocenters. The fraction of sp³-hybridized carbons (Fsp3) is 0.462. The van der Waals surface area contributed by atoms with E-state index in [9.17, 15) is 4.79 Å². The summed E-state index contributed by atoms with van der Waals surface area (Å²) in [5.41, 5.74) is 8.67. The minimum absolute atomic E-state index is 0.103. The standard InChI is InChI=1S/C13H16N2O2/c14-10-3-4-11-9(8-10)5-6-15(11)13(16)12-2-1-7-17-12/h3-4,8,12H,1-2,5-7,14H2. The van der Waals surface area contributed by atoms with Gasteiger partial charge in [-0.05, 0) is 43.0 Å². The van der Waals surface area contributed by atoms with Crippen LogP contribution in [-0.4, -0.2) is 25.2 Å². The Hall–Kier alpha value is -1.55. The van der Waals surface area contributed by atoms with Crippen LogP contribution in [0.5, 0.6) is 0 Å². The van der Waals surface area contributed by atoms with Crippen molar-refractivity contribution in [1.82, 2.24) is 0 Å². The minimum Gasteiger partial charge on any atom is -0.399 e. The van der Waals surface area contributed by atoms with Crippen LogP contribution >= 0.6 is 0 Å². The molecule has 2 aliphatic rings. The molecule has 0 spiro atoms. The van der Waals surface area contributed by atoms with Gasteiger partial charge in [0.15, 0.2) is 0 Å². The fourth-order valence-corrected chi connectivity index (χ4v) is 2.60. The number of rotatable bonds is 1. The van der Waals surface area contributed by atoms with Crippen molar-refractivity contribution in [2.45, 2.75) is 25.4 Å². The fourth-order valence-electron chi connectivity index (χ4n) is 2.60. The van der Waals surface area contributed by atoms with E-state index in [1.54, 1.807) is 0 Å². The van der Waals surface area contributed by atoms with E-state index in [1.165, 1.54) is 0 Å². The van der Waals surface area contributed by atoms with Crippen LogP contribution in [-0.2, 0) is 16.0 Å². The highest BCUT2D eigenvalue weighted by Gasteiger charge is 2.32. The highest BCUT2D eigenvalue weighted by molar-refractivity contribution is 5.98. The van der Waals surface area contributed by atoms with Crippen LogP contribution in [0.15, 0.2) is 18.2 Å². The zero-order valence-electron chi connectivity index (χ0n) is 9.69. The molecule has 1 aromatic rings. The molecular weight excluding hydrogens is 216 g/mol. The summed E-state index contributed by atoms with van der Waals surface area (Å²) in [6.07, 6.45) is 2.48.